The van der Waals surface area contributed by atoms with E-state index < -0.39 is 33.6 Å². The van der Waals surface area contributed by atoms with Gasteiger partial charge in [0, 0.05) is 29.4 Å². The van der Waals surface area contributed by atoms with Crippen LogP contribution < -0.4 is 26.0 Å². The molecule has 154 valence electrons. The highest BCUT2D eigenvalue weighted by atomic mass is 16.6. The van der Waals surface area contributed by atoms with Gasteiger partial charge in [0.2, 0.25) is 11.5 Å². The van der Waals surface area contributed by atoms with Crippen molar-refractivity contribution in [2.75, 3.05) is 14.2 Å². The van der Waals surface area contributed by atoms with E-state index in [4.69, 9.17) is 13.9 Å². The van der Waals surface area contributed by atoms with Crippen LogP contribution in [0.2, 0.25) is 0 Å². The maximum Gasteiger partial charge on any atom is 0.349 e. The van der Waals surface area contributed by atoms with Crippen molar-refractivity contribution in [3.05, 3.63) is 68.3 Å². The number of carbonyl (C=O) groups is 2. The molecule has 2 aromatic heterocycles. The molecule has 0 aliphatic heterocycles. The third-order valence-electron chi connectivity index (χ3n) is 4.00. The van der Waals surface area contributed by atoms with Gasteiger partial charge in [-0.2, -0.15) is 0 Å². The van der Waals surface area contributed by atoms with Crippen molar-refractivity contribution in [2.24, 2.45) is 0 Å². The maximum atomic E-state index is 12.4. The molecule has 2 amide bonds. The number of nitro groups is 1. The summed E-state index contributed by atoms with van der Waals surface area (Å²) in [4.78, 5) is 51.0. The largest absolute Gasteiger partial charge is 0.490 e. The second-order valence-corrected chi connectivity index (χ2v) is 5.73. The normalized spacial score (nSPS) is 10.3. The van der Waals surface area contributed by atoms with Gasteiger partial charge in [0.25, 0.3) is 11.8 Å². The van der Waals surface area contributed by atoms with Crippen LogP contribution in [0.3, 0.4) is 0 Å². The molecule has 0 bridgehead atoms. The second kappa shape index (κ2) is 8.26. The van der Waals surface area contributed by atoms with E-state index in [1.165, 1.54) is 38.7 Å². The summed E-state index contributed by atoms with van der Waals surface area (Å²) in [5.74, 6) is -2.03. The first-order chi connectivity index (χ1) is 14.4. The molecular weight excluding hydrogens is 400 g/mol. The first-order valence-electron chi connectivity index (χ1n) is 8.25. The highest BCUT2D eigenvalue weighted by Crippen LogP contribution is 2.42. The van der Waals surface area contributed by atoms with Crippen LogP contribution in [0.1, 0.15) is 20.7 Å². The summed E-state index contributed by atoms with van der Waals surface area (Å²) in [6, 6.07) is 5.01. The zero-order chi connectivity index (χ0) is 21.8. The topological polar surface area (TPSA) is 163 Å². The predicted molar refractivity (Wildman–Crippen MR) is 101 cm³/mol. The number of amides is 2. The minimum absolute atomic E-state index is 0.0459. The van der Waals surface area contributed by atoms with Gasteiger partial charge in [-0.3, -0.25) is 35.5 Å². The van der Waals surface area contributed by atoms with Crippen molar-refractivity contribution in [3.8, 4) is 11.5 Å². The molecule has 0 saturated carbocycles. The molecule has 2 N–H and O–H groups in total. The molecule has 30 heavy (non-hydrogen) atoms. The van der Waals surface area contributed by atoms with Crippen LogP contribution in [0.4, 0.5) is 5.69 Å². The lowest BCUT2D eigenvalue weighted by atomic mass is 10.1. The van der Waals surface area contributed by atoms with E-state index in [-0.39, 0.29) is 28.0 Å². The number of hydrogen-bond donors (Lipinski definition) is 2. The monoisotopic (exact) mass is 414 g/mol. The van der Waals surface area contributed by atoms with Crippen molar-refractivity contribution in [1.29, 1.82) is 0 Å². The number of hydrogen-bond acceptors (Lipinski definition) is 9. The summed E-state index contributed by atoms with van der Waals surface area (Å²) >= 11 is 0. The van der Waals surface area contributed by atoms with Gasteiger partial charge in [-0.05, 0) is 18.2 Å². The molecule has 0 radical (unpaired) electrons. The van der Waals surface area contributed by atoms with Gasteiger partial charge in [0.15, 0.2) is 5.58 Å². The zero-order valence-corrected chi connectivity index (χ0v) is 15.6. The molecule has 1 aromatic carbocycles. The summed E-state index contributed by atoms with van der Waals surface area (Å²) < 4.78 is 15.2. The Labute approximate surface area is 167 Å². The van der Waals surface area contributed by atoms with E-state index in [0.29, 0.717) is 0 Å². The SMILES string of the molecule is COc1c([N+](=O)[O-])cc2cc(C(=O)NNC(=O)c3ccncc3)c(=O)oc2c1OC. The lowest BCUT2D eigenvalue weighted by Crippen LogP contribution is -2.43. The Morgan fingerprint density at radius 2 is 1.70 bits per heavy atom. The number of rotatable bonds is 5. The van der Waals surface area contributed by atoms with Gasteiger partial charge >= 0.3 is 11.3 Å². The van der Waals surface area contributed by atoms with Crippen molar-refractivity contribution < 1.29 is 28.4 Å². The summed E-state index contributed by atoms with van der Waals surface area (Å²) in [5, 5.41) is 11.4. The molecule has 12 heteroatoms. The number of aromatic nitrogens is 1. The van der Waals surface area contributed by atoms with E-state index in [1.54, 1.807) is 0 Å². The zero-order valence-electron chi connectivity index (χ0n) is 15.6. The van der Waals surface area contributed by atoms with Crippen LogP contribution in [-0.4, -0.2) is 35.9 Å². The second-order valence-electron chi connectivity index (χ2n) is 5.73. The Morgan fingerprint density at radius 3 is 2.30 bits per heavy atom. The Morgan fingerprint density at radius 1 is 1.07 bits per heavy atom. The molecular formula is C18H14N4O8. The van der Waals surface area contributed by atoms with Gasteiger partial charge in [0.1, 0.15) is 5.56 Å². The Bertz CT molecular complexity index is 1210. The highest BCUT2D eigenvalue weighted by molar-refractivity contribution is 6.01. The number of pyridine rings is 1. The van der Waals surface area contributed by atoms with Crippen LogP contribution >= 0.6 is 0 Å². The van der Waals surface area contributed by atoms with Crippen LogP contribution in [0.15, 0.2) is 45.9 Å². The number of hydrazine groups is 1. The Kier molecular flexibility index (Phi) is 5.58. The maximum absolute atomic E-state index is 12.4. The number of fused-ring (bicyclic) bond motifs is 1. The first-order valence-corrected chi connectivity index (χ1v) is 8.25. The third kappa shape index (κ3) is 3.73. The van der Waals surface area contributed by atoms with Gasteiger partial charge in [-0.1, -0.05) is 0 Å². The van der Waals surface area contributed by atoms with Crippen LogP contribution in [0.5, 0.6) is 11.5 Å². The molecule has 3 aromatic rings. The van der Waals surface area contributed by atoms with Crippen molar-refractivity contribution in [2.45, 2.75) is 0 Å². The molecule has 0 aliphatic carbocycles. The van der Waals surface area contributed by atoms with Gasteiger partial charge < -0.3 is 13.9 Å². The third-order valence-corrected chi connectivity index (χ3v) is 4.00. The number of nitro benzene ring substituents is 1. The summed E-state index contributed by atoms with van der Waals surface area (Å²) in [6.07, 6.45) is 2.78. The molecule has 0 aliphatic rings. The van der Waals surface area contributed by atoms with E-state index in [1.807, 2.05) is 0 Å². The lowest BCUT2D eigenvalue weighted by Gasteiger charge is -2.11. The average molecular weight is 414 g/mol. The minimum Gasteiger partial charge on any atom is -0.490 e. The fraction of sp³-hybridized carbons (Fsp3) is 0.111. The number of ether oxygens (including phenoxy) is 2. The molecule has 0 unspecified atom stereocenters. The number of benzene rings is 1. The molecule has 0 saturated heterocycles. The summed E-state index contributed by atoms with van der Waals surface area (Å²) in [7, 11) is 2.42. The molecule has 0 spiro atoms. The van der Waals surface area contributed by atoms with Gasteiger partial charge in [-0.15, -0.1) is 0 Å². The van der Waals surface area contributed by atoms with E-state index in [9.17, 15) is 24.5 Å². The smallest absolute Gasteiger partial charge is 0.349 e. The highest BCUT2D eigenvalue weighted by Gasteiger charge is 2.26. The van der Waals surface area contributed by atoms with E-state index in [2.05, 4.69) is 15.8 Å². The molecule has 12 nitrogen and oxygen atoms in total. The minimum atomic E-state index is -1.05. The van der Waals surface area contributed by atoms with Crippen LogP contribution in [0, 0.1) is 10.1 Å². The fourth-order valence-corrected chi connectivity index (χ4v) is 2.64. The molecule has 0 fully saturated rings. The number of nitrogens with one attached hydrogen (secondary N) is 2. The van der Waals surface area contributed by atoms with E-state index in [0.717, 1.165) is 12.1 Å². The molecule has 3 rings (SSSR count). The lowest BCUT2D eigenvalue weighted by molar-refractivity contribution is -0.385. The Hall–Kier alpha value is -4.48. The number of methoxy groups -OCH3 is 2. The van der Waals surface area contributed by atoms with Crippen LogP contribution in [0.25, 0.3) is 11.0 Å². The Balaban J connectivity index is 1.97. The van der Waals surface area contributed by atoms with Gasteiger partial charge in [0.05, 0.1) is 19.1 Å². The standard InChI is InChI=1S/C18H14N4O8/c1-28-14-12(22(26)27)8-10-7-11(18(25)30-13(10)15(14)29-2)17(24)21-20-16(23)9-3-5-19-6-4-9/h3-8H,1-2H3,(H,20,23)(H,21,24). The quantitative estimate of drug-likeness (QED) is 0.354. The van der Waals surface area contributed by atoms with Crippen molar-refractivity contribution >= 4 is 28.5 Å². The summed E-state index contributed by atoms with van der Waals surface area (Å²) in [5.41, 5.74) is 2.33. The first kappa shape index (κ1) is 20.3. The van der Waals surface area contributed by atoms with Gasteiger partial charge in [-0.25, -0.2) is 4.79 Å². The predicted octanol–water partition coefficient (Wildman–Crippen LogP) is 1.19. The average Bonchev–Trinajstić information content (AvgIpc) is 2.75. The molecule has 0 atom stereocenters. The molecule has 2 heterocycles. The van der Waals surface area contributed by atoms with Crippen molar-refractivity contribution in [1.82, 2.24) is 15.8 Å². The number of nitrogens with zero attached hydrogens (tertiary/aromatic N) is 2. The van der Waals surface area contributed by atoms with Crippen molar-refractivity contribution in [3.63, 3.8) is 0 Å². The number of carbonyl (C=O) groups excluding carboxylic acids is 2. The fourth-order valence-electron chi connectivity index (χ4n) is 2.64. The summed E-state index contributed by atoms with van der Waals surface area (Å²) in [6.45, 7) is 0. The van der Waals surface area contributed by atoms with Crippen LogP contribution in [-0.2, 0) is 0 Å². The van der Waals surface area contributed by atoms with E-state index >= 15 is 0 Å².